The van der Waals surface area contributed by atoms with E-state index in [0.29, 0.717) is 0 Å². The third-order valence-electron chi connectivity index (χ3n) is 3.30. The quantitative estimate of drug-likeness (QED) is 0.834. The number of urea groups is 1. The number of hydrogen-bond acceptors (Lipinski definition) is 1. The van der Waals surface area contributed by atoms with Gasteiger partial charge in [0.25, 0.3) is 0 Å². The smallest absolute Gasteiger partial charge is 0.319 e. The van der Waals surface area contributed by atoms with Crippen LogP contribution in [0.1, 0.15) is 53.0 Å². The van der Waals surface area contributed by atoms with Crippen LogP contribution in [0.3, 0.4) is 0 Å². The van der Waals surface area contributed by atoms with Crippen LogP contribution in [0.15, 0.2) is 24.3 Å². The molecule has 0 spiro atoms. The number of nitrogens with one attached hydrogen (secondary N) is 2. The van der Waals surface area contributed by atoms with Crippen LogP contribution in [-0.2, 0) is 5.41 Å². The SMILES string of the molecule is CCC(CC)NC(=O)Nc1ccccc1C(C)(C)C. The maximum absolute atomic E-state index is 12.0. The molecular weight excluding hydrogens is 236 g/mol. The Morgan fingerprint density at radius 3 is 2.26 bits per heavy atom. The maximum atomic E-state index is 12.0. The second kappa shape index (κ2) is 6.60. The fraction of sp³-hybridized carbons (Fsp3) is 0.562. The Morgan fingerprint density at radius 1 is 1.16 bits per heavy atom. The van der Waals surface area contributed by atoms with E-state index in [-0.39, 0.29) is 17.5 Å². The van der Waals surface area contributed by atoms with E-state index in [1.54, 1.807) is 0 Å². The van der Waals surface area contributed by atoms with Gasteiger partial charge in [-0.3, -0.25) is 0 Å². The van der Waals surface area contributed by atoms with Crippen molar-refractivity contribution in [2.24, 2.45) is 0 Å². The molecule has 1 aromatic rings. The molecule has 0 saturated heterocycles. The molecule has 0 radical (unpaired) electrons. The largest absolute Gasteiger partial charge is 0.335 e. The molecule has 0 bridgehead atoms. The van der Waals surface area contributed by atoms with Gasteiger partial charge >= 0.3 is 6.03 Å². The van der Waals surface area contributed by atoms with Crippen LogP contribution in [-0.4, -0.2) is 12.1 Å². The molecule has 106 valence electrons. The van der Waals surface area contributed by atoms with E-state index in [0.717, 1.165) is 24.1 Å². The molecule has 3 nitrogen and oxygen atoms in total. The van der Waals surface area contributed by atoms with Crippen molar-refractivity contribution in [2.75, 3.05) is 5.32 Å². The van der Waals surface area contributed by atoms with Gasteiger partial charge in [0.2, 0.25) is 0 Å². The Hall–Kier alpha value is -1.51. The summed E-state index contributed by atoms with van der Waals surface area (Å²) >= 11 is 0. The van der Waals surface area contributed by atoms with Gasteiger partial charge in [-0.15, -0.1) is 0 Å². The lowest BCUT2D eigenvalue weighted by Crippen LogP contribution is -2.37. The molecule has 0 saturated carbocycles. The Labute approximate surface area is 116 Å². The van der Waals surface area contributed by atoms with Gasteiger partial charge in [-0.05, 0) is 29.9 Å². The molecule has 3 heteroatoms. The van der Waals surface area contributed by atoms with Crippen LogP contribution in [0.4, 0.5) is 10.5 Å². The molecule has 0 unspecified atom stereocenters. The fourth-order valence-corrected chi connectivity index (χ4v) is 2.08. The molecule has 0 aliphatic carbocycles. The molecule has 0 aliphatic rings. The summed E-state index contributed by atoms with van der Waals surface area (Å²) in [5.41, 5.74) is 2.05. The predicted octanol–water partition coefficient (Wildman–Crippen LogP) is 4.29. The first-order valence-corrected chi connectivity index (χ1v) is 7.05. The molecule has 0 atom stereocenters. The Balaban J connectivity index is 2.80. The second-order valence-electron chi connectivity index (χ2n) is 5.91. The molecule has 1 aromatic carbocycles. The summed E-state index contributed by atoms with van der Waals surface area (Å²) in [6.07, 6.45) is 1.90. The minimum absolute atomic E-state index is 0.0127. The lowest BCUT2D eigenvalue weighted by molar-refractivity contribution is 0.247. The van der Waals surface area contributed by atoms with Crippen LogP contribution in [0.5, 0.6) is 0 Å². The topological polar surface area (TPSA) is 41.1 Å². The zero-order chi connectivity index (χ0) is 14.5. The van der Waals surface area contributed by atoms with E-state index in [9.17, 15) is 4.79 Å². The first-order valence-electron chi connectivity index (χ1n) is 7.05. The number of carbonyl (C=O) groups is 1. The number of para-hydroxylation sites is 1. The minimum atomic E-state index is -0.120. The van der Waals surface area contributed by atoms with Crippen molar-refractivity contribution in [1.82, 2.24) is 5.32 Å². The zero-order valence-electron chi connectivity index (χ0n) is 12.7. The highest BCUT2D eigenvalue weighted by Crippen LogP contribution is 2.29. The number of anilines is 1. The summed E-state index contributed by atoms with van der Waals surface area (Å²) in [4.78, 5) is 12.0. The van der Waals surface area contributed by atoms with E-state index in [2.05, 4.69) is 51.3 Å². The highest BCUT2D eigenvalue weighted by Gasteiger charge is 2.18. The first-order chi connectivity index (χ1) is 8.88. The van der Waals surface area contributed by atoms with E-state index < -0.39 is 0 Å². The number of rotatable bonds is 4. The van der Waals surface area contributed by atoms with E-state index in [1.807, 2.05) is 18.2 Å². The number of amides is 2. The molecule has 0 heterocycles. The van der Waals surface area contributed by atoms with E-state index in [4.69, 9.17) is 0 Å². The van der Waals surface area contributed by atoms with Gasteiger partial charge in [0.15, 0.2) is 0 Å². The number of carbonyl (C=O) groups excluding carboxylic acids is 1. The molecule has 0 fully saturated rings. The molecule has 19 heavy (non-hydrogen) atoms. The normalized spacial score (nSPS) is 11.5. The molecule has 2 amide bonds. The number of benzene rings is 1. The zero-order valence-corrected chi connectivity index (χ0v) is 12.7. The van der Waals surface area contributed by atoms with Crippen molar-refractivity contribution in [3.05, 3.63) is 29.8 Å². The summed E-state index contributed by atoms with van der Waals surface area (Å²) in [5.74, 6) is 0. The highest BCUT2D eigenvalue weighted by molar-refractivity contribution is 5.90. The van der Waals surface area contributed by atoms with Crippen LogP contribution >= 0.6 is 0 Å². The van der Waals surface area contributed by atoms with Gasteiger partial charge in [-0.1, -0.05) is 52.8 Å². The van der Waals surface area contributed by atoms with Gasteiger partial charge in [-0.25, -0.2) is 4.79 Å². The summed E-state index contributed by atoms with van der Waals surface area (Å²) in [6.45, 7) is 10.6. The summed E-state index contributed by atoms with van der Waals surface area (Å²) < 4.78 is 0. The van der Waals surface area contributed by atoms with Gasteiger partial charge in [0.05, 0.1) is 0 Å². The van der Waals surface area contributed by atoms with Gasteiger partial charge in [-0.2, -0.15) is 0 Å². The van der Waals surface area contributed by atoms with Crippen LogP contribution in [0.2, 0.25) is 0 Å². The third kappa shape index (κ3) is 4.58. The maximum Gasteiger partial charge on any atom is 0.319 e. The predicted molar refractivity (Wildman–Crippen MR) is 81.7 cm³/mol. The lowest BCUT2D eigenvalue weighted by Gasteiger charge is -2.23. The van der Waals surface area contributed by atoms with Crippen LogP contribution in [0.25, 0.3) is 0 Å². The number of hydrogen-bond donors (Lipinski definition) is 2. The average molecular weight is 262 g/mol. The van der Waals surface area contributed by atoms with E-state index in [1.165, 1.54) is 0 Å². The Bertz CT molecular complexity index is 417. The Kier molecular flexibility index (Phi) is 5.40. The van der Waals surface area contributed by atoms with Crippen LogP contribution in [0, 0.1) is 0 Å². The molecule has 2 N–H and O–H groups in total. The average Bonchev–Trinajstić information content (AvgIpc) is 2.35. The summed E-state index contributed by atoms with van der Waals surface area (Å²) in [5, 5.41) is 5.96. The highest BCUT2D eigenvalue weighted by atomic mass is 16.2. The van der Waals surface area contributed by atoms with Crippen LogP contribution < -0.4 is 10.6 Å². The first kappa shape index (κ1) is 15.5. The fourth-order valence-electron chi connectivity index (χ4n) is 2.08. The summed E-state index contributed by atoms with van der Waals surface area (Å²) in [7, 11) is 0. The monoisotopic (exact) mass is 262 g/mol. The third-order valence-corrected chi connectivity index (χ3v) is 3.30. The van der Waals surface area contributed by atoms with Crippen molar-refractivity contribution in [1.29, 1.82) is 0 Å². The van der Waals surface area contributed by atoms with Gasteiger partial charge in [0, 0.05) is 11.7 Å². The molecule has 0 aliphatic heterocycles. The molecular formula is C16H26N2O. The second-order valence-corrected chi connectivity index (χ2v) is 5.91. The standard InChI is InChI=1S/C16H26N2O/c1-6-12(7-2)17-15(19)18-14-11-9-8-10-13(14)16(3,4)5/h8-12H,6-7H2,1-5H3,(H2,17,18,19). The van der Waals surface area contributed by atoms with Crippen molar-refractivity contribution in [3.63, 3.8) is 0 Å². The molecule has 1 rings (SSSR count). The van der Waals surface area contributed by atoms with Crippen molar-refractivity contribution in [2.45, 2.75) is 58.9 Å². The lowest BCUT2D eigenvalue weighted by atomic mass is 9.86. The van der Waals surface area contributed by atoms with Gasteiger partial charge < -0.3 is 10.6 Å². The van der Waals surface area contributed by atoms with Crippen molar-refractivity contribution >= 4 is 11.7 Å². The van der Waals surface area contributed by atoms with E-state index >= 15 is 0 Å². The minimum Gasteiger partial charge on any atom is -0.335 e. The molecule has 0 aromatic heterocycles. The summed E-state index contributed by atoms with van der Waals surface area (Å²) in [6, 6.07) is 8.08. The van der Waals surface area contributed by atoms with Gasteiger partial charge in [0.1, 0.15) is 0 Å². The Morgan fingerprint density at radius 2 is 1.74 bits per heavy atom. The van der Waals surface area contributed by atoms with Crippen molar-refractivity contribution in [3.8, 4) is 0 Å². The van der Waals surface area contributed by atoms with Crippen molar-refractivity contribution < 1.29 is 4.79 Å².